The molecular formula is C27H25NO14S. The molecule has 43 heavy (non-hydrogen) atoms. The van der Waals surface area contributed by atoms with Crippen LogP contribution in [0.2, 0.25) is 0 Å². The van der Waals surface area contributed by atoms with Crippen molar-refractivity contribution < 1.29 is 69.8 Å². The first-order chi connectivity index (χ1) is 20.2. The fourth-order valence-corrected chi connectivity index (χ4v) is 5.47. The number of hydrogen-bond donors (Lipinski definition) is 10. The number of aromatic hydroxyl groups is 8. The molecule has 10 N–H and O–H groups in total. The number of fused-ring (bicyclic) bond motifs is 1. The number of nitrogens with one attached hydrogen (secondary N) is 1. The summed E-state index contributed by atoms with van der Waals surface area (Å²) in [5, 5.41) is 92.8. The predicted molar refractivity (Wildman–Crippen MR) is 145 cm³/mol. The zero-order valence-corrected chi connectivity index (χ0v) is 22.8. The number of ether oxygens (including phenoxy) is 2. The van der Waals surface area contributed by atoms with Crippen LogP contribution in [0.1, 0.15) is 34.5 Å². The third-order valence-corrected chi connectivity index (χ3v) is 7.56. The summed E-state index contributed by atoms with van der Waals surface area (Å²) in [6.07, 6.45) is -3.15. The van der Waals surface area contributed by atoms with Crippen LogP contribution in [-0.4, -0.2) is 81.7 Å². The Morgan fingerprint density at radius 2 is 1.53 bits per heavy atom. The summed E-state index contributed by atoms with van der Waals surface area (Å²) < 4.78 is 11.6. The molecule has 0 bridgehead atoms. The fraction of sp³-hybridized carbons (Fsp3) is 0.222. The maximum atomic E-state index is 13.1. The Kier molecular flexibility index (Phi) is 8.43. The van der Waals surface area contributed by atoms with Gasteiger partial charge in [-0.25, -0.2) is 9.59 Å². The normalized spacial score (nSPS) is 16.4. The molecule has 1 aliphatic rings. The van der Waals surface area contributed by atoms with Gasteiger partial charge in [0.1, 0.15) is 29.4 Å². The molecule has 0 radical (unpaired) electrons. The largest absolute Gasteiger partial charge is 0.508 e. The molecule has 16 heteroatoms. The lowest BCUT2D eigenvalue weighted by molar-refractivity contribution is -0.140. The fourth-order valence-electron chi connectivity index (χ4n) is 4.34. The minimum atomic E-state index is -1.46. The van der Waals surface area contributed by atoms with E-state index in [9.17, 15) is 60.3 Å². The SMILES string of the molecule is CC(=O)NC(CSc1c([C@H]2Oc3cc(O)cc(O)c3C[C@H]2OC(=O)c2cc(O)c(O)c(O)c2)cc(O)c(O)c1O)C(=O)O. The summed E-state index contributed by atoms with van der Waals surface area (Å²) in [6, 6.07) is 3.28. The highest BCUT2D eigenvalue weighted by atomic mass is 32.2. The van der Waals surface area contributed by atoms with Crippen LogP contribution in [0.25, 0.3) is 0 Å². The summed E-state index contributed by atoms with van der Waals surface area (Å²) in [7, 11) is 0. The van der Waals surface area contributed by atoms with Gasteiger partial charge in [0.2, 0.25) is 11.7 Å². The van der Waals surface area contributed by atoms with Crippen molar-refractivity contribution in [2.24, 2.45) is 0 Å². The molecule has 3 aromatic carbocycles. The Bertz CT molecular complexity index is 1600. The highest BCUT2D eigenvalue weighted by Gasteiger charge is 2.39. The minimum absolute atomic E-state index is 0.0839. The van der Waals surface area contributed by atoms with E-state index in [1.54, 1.807) is 0 Å². The van der Waals surface area contributed by atoms with E-state index in [2.05, 4.69) is 5.32 Å². The van der Waals surface area contributed by atoms with Gasteiger partial charge in [0.15, 0.2) is 34.9 Å². The molecule has 1 heterocycles. The molecular weight excluding hydrogens is 594 g/mol. The molecule has 0 saturated carbocycles. The van der Waals surface area contributed by atoms with Crippen molar-refractivity contribution in [1.82, 2.24) is 5.32 Å². The van der Waals surface area contributed by atoms with Gasteiger partial charge in [0.05, 0.1) is 10.5 Å². The number of carbonyl (C=O) groups excluding carboxylic acids is 2. The molecule has 4 rings (SSSR count). The van der Waals surface area contributed by atoms with Gasteiger partial charge >= 0.3 is 11.9 Å². The first kappa shape index (κ1) is 30.6. The lowest BCUT2D eigenvalue weighted by Crippen LogP contribution is -2.41. The average molecular weight is 620 g/mol. The number of thioether (sulfide) groups is 1. The highest BCUT2D eigenvalue weighted by molar-refractivity contribution is 7.99. The molecule has 0 saturated heterocycles. The number of amides is 1. The third kappa shape index (κ3) is 6.28. The van der Waals surface area contributed by atoms with Crippen molar-refractivity contribution in [2.75, 3.05) is 5.75 Å². The third-order valence-electron chi connectivity index (χ3n) is 6.34. The Hall–Kier alpha value is -5.38. The van der Waals surface area contributed by atoms with Crippen LogP contribution in [-0.2, 0) is 20.7 Å². The second-order valence-electron chi connectivity index (χ2n) is 9.40. The van der Waals surface area contributed by atoms with E-state index in [0.717, 1.165) is 37.3 Å². The number of benzene rings is 3. The van der Waals surface area contributed by atoms with Crippen molar-refractivity contribution >= 4 is 29.6 Å². The van der Waals surface area contributed by atoms with Gasteiger partial charge in [-0.15, -0.1) is 11.8 Å². The van der Waals surface area contributed by atoms with Crippen molar-refractivity contribution in [2.45, 2.75) is 36.5 Å². The van der Waals surface area contributed by atoms with Gasteiger partial charge in [-0.2, -0.15) is 0 Å². The van der Waals surface area contributed by atoms with Crippen LogP contribution in [0.15, 0.2) is 35.2 Å². The monoisotopic (exact) mass is 619 g/mol. The van der Waals surface area contributed by atoms with Gasteiger partial charge < -0.3 is 60.7 Å². The van der Waals surface area contributed by atoms with Gasteiger partial charge in [0, 0.05) is 42.4 Å². The first-order valence-electron chi connectivity index (χ1n) is 12.3. The summed E-state index contributed by atoms with van der Waals surface area (Å²) in [5.74, 6) is -9.75. The number of phenols is 8. The second-order valence-corrected chi connectivity index (χ2v) is 10.4. The van der Waals surface area contributed by atoms with Crippen LogP contribution >= 0.6 is 11.8 Å². The molecule has 228 valence electrons. The Labute approximate surface area is 245 Å². The molecule has 1 unspecified atom stereocenters. The van der Waals surface area contributed by atoms with E-state index in [4.69, 9.17) is 9.47 Å². The zero-order chi connectivity index (χ0) is 31.7. The molecule has 0 aromatic heterocycles. The lowest BCUT2D eigenvalue weighted by atomic mass is 9.93. The van der Waals surface area contributed by atoms with Crippen molar-refractivity contribution in [1.29, 1.82) is 0 Å². The summed E-state index contributed by atoms with van der Waals surface area (Å²) >= 11 is 0.649. The second kappa shape index (κ2) is 11.8. The molecule has 1 amide bonds. The topological polar surface area (TPSA) is 264 Å². The van der Waals surface area contributed by atoms with E-state index < -0.39 is 87.7 Å². The van der Waals surface area contributed by atoms with Crippen molar-refractivity contribution in [3.63, 3.8) is 0 Å². The van der Waals surface area contributed by atoms with E-state index in [1.165, 1.54) is 0 Å². The number of aliphatic carboxylic acids is 1. The van der Waals surface area contributed by atoms with Gasteiger partial charge in [-0.05, 0) is 18.2 Å². The summed E-state index contributed by atoms with van der Waals surface area (Å²) in [6.45, 7) is 1.10. The molecule has 15 nitrogen and oxygen atoms in total. The number of phenolic OH excluding ortho intramolecular Hbond substituents is 8. The standard InChI is InChI=1S/C27H25NO14S/c1-9(29)28-14(26(38)39)8-43-25-13(6-18(34)22(36)23(25)37)24-20(7-12-15(31)4-11(30)5-19(12)41-24)42-27(40)10-2-16(32)21(35)17(33)3-10/h2-6,14,20,24,30-37H,7-8H2,1H3,(H,28,29)(H,38,39)/t14?,20-,24-/m1/s1. The number of rotatable bonds is 8. The number of carboxylic acids is 1. The Balaban J connectivity index is 1.80. The van der Waals surface area contributed by atoms with Crippen LogP contribution in [0.4, 0.5) is 0 Å². The quantitative estimate of drug-likeness (QED) is 0.0980. The van der Waals surface area contributed by atoms with E-state index >= 15 is 0 Å². The number of hydrogen-bond acceptors (Lipinski definition) is 14. The Morgan fingerprint density at radius 3 is 2.14 bits per heavy atom. The smallest absolute Gasteiger partial charge is 0.338 e. The van der Waals surface area contributed by atoms with Gasteiger partial charge in [0.25, 0.3) is 0 Å². The Morgan fingerprint density at radius 1 is 0.907 bits per heavy atom. The van der Waals surface area contributed by atoms with E-state index in [-0.39, 0.29) is 33.9 Å². The highest BCUT2D eigenvalue weighted by Crippen LogP contribution is 2.51. The molecule has 0 aliphatic carbocycles. The first-order valence-corrected chi connectivity index (χ1v) is 13.2. The van der Waals surface area contributed by atoms with Crippen molar-refractivity contribution in [3.8, 4) is 51.7 Å². The number of carboxylic acid groups (broad SMARTS) is 1. The minimum Gasteiger partial charge on any atom is -0.508 e. The summed E-state index contributed by atoms with van der Waals surface area (Å²) in [5.41, 5.74) is -0.452. The lowest BCUT2D eigenvalue weighted by Gasteiger charge is -2.35. The summed E-state index contributed by atoms with van der Waals surface area (Å²) in [4.78, 5) is 36.0. The molecule has 3 atom stereocenters. The predicted octanol–water partition coefficient (Wildman–Crippen LogP) is 1.91. The molecule has 3 aromatic rings. The van der Waals surface area contributed by atoms with Crippen LogP contribution in [0.5, 0.6) is 51.7 Å². The maximum absolute atomic E-state index is 13.1. The van der Waals surface area contributed by atoms with E-state index in [0.29, 0.717) is 11.8 Å². The van der Waals surface area contributed by atoms with Gasteiger partial charge in [-0.3, -0.25) is 4.79 Å². The van der Waals surface area contributed by atoms with E-state index in [1.807, 2.05) is 0 Å². The number of carbonyl (C=O) groups is 3. The van der Waals surface area contributed by atoms with Crippen LogP contribution in [0.3, 0.4) is 0 Å². The van der Waals surface area contributed by atoms with Crippen molar-refractivity contribution in [3.05, 3.63) is 47.0 Å². The number of esters is 1. The van der Waals surface area contributed by atoms with Crippen LogP contribution < -0.4 is 10.1 Å². The average Bonchev–Trinajstić information content (AvgIpc) is 2.92. The van der Waals surface area contributed by atoms with Crippen LogP contribution in [0, 0.1) is 0 Å². The van der Waals surface area contributed by atoms with Gasteiger partial charge in [-0.1, -0.05) is 0 Å². The molecule has 1 aliphatic heterocycles. The maximum Gasteiger partial charge on any atom is 0.338 e. The zero-order valence-electron chi connectivity index (χ0n) is 22.0. The molecule has 0 spiro atoms. The molecule has 0 fully saturated rings.